The van der Waals surface area contributed by atoms with Crippen molar-refractivity contribution in [3.63, 3.8) is 0 Å². The quantitative estimate of drug-likeness (QED) is 0.805. The van der Waals surface area contributed by atoms with E-state index in [1.165, 1.54) is 18.5 Å². The zero-order valence-electron chi connectivity index (χ0n) is 12.8. The van der Waals surface area contributed by atoms with Crippen molar-refractivity contribution in [2.45, 2.75) is 36.7 Å². The minimum absolute atomic E-state index is 0.00641. The van der Waals surface area contributed by atoms with Gasteiger partial charge in [0.05, 0.1) is 11.7 Å². The van der Waals surface area contributed by atoms with Crippen LogP contribution in [0, 0.1) is 0 Å². The highest BCUT2D eigenvalue weighted by Crippen LogP contribution is 2.43. The molecule has 2 unspecified atom stereocenters. The molecule has 3 rings (SSSR count). The molecule has 1 heterocycles. The maximum absolute atomic E-state index is 14.3. The number of allylic oxidation sites excluding steroid dienone is 1. The van der Waals surface area contributed by atoms with Gasteiger partial charge in [-0.1, -0.05) is 0 Å². The molecule has 1 fully saturated rings. The first-order valence-corrected chi connectivity index (χ1v) is 7.38. The molecule has 24 heavy (non-hydrogen) atoms. The molecule has 0 aromatic carbocycles. The minimum Gasteiger partial charge on any atom is -0.363 e. The normalized spacial score (nSPS) is 27.5. The van der Waals surface area contributed by atoms with Crippen LogP contribution >= 0.6 is 0 Å². The summed E-state index contributed by atoms with van der Waals surface area (Å²) in [6, 6.07) is 0.130. The highest BCUT2D eigenvalue weighted by molar-refractivity contribution is 5.48. The Morgan fingerprint density at radius 1 is 1.25 bits per heavy atom. The average Bonchev–Trinajstić information content (AvgIpc) is 3.34. The smallest absolute Gasteiger partial charge is 0.363 e. The van der Waals surface area contributed by atoms with Crippen LogP contribution < -0.4 is 10.6 Å². The van der Waals surface area contributed by atoms with Gasteiger partial charge in [-0.25, -0.2) is 14.4 Å². The van der Waals surface area contributed by atoms with Crippen LogP contribution in [-0.4, -0.2) is 40.9 Å². The summed E-state index contributed by atoms with van der Waals surface area (Å²) in [5.41, 5.74) is -3.06. The SMILES string of the molecule is COC1(C(F)(F)F)C=C(Nc2ncccn2)C(F)=CC1NC1CC1. The summed E-state index contributed by atoms with van der Waals surface area (Å²) in [4.78, 5) is 7.65. The van der Waals surface area contributed by atoms with Gasteiger partial charge in [0.15, 0.2) is 0 Å². The van der Waals surface area contributed by atoms with Crippen molar-refractivity contribution in [1.82, 2.24) is 15.3 Å². The van der Waals surface area contributed by atoms with E-state index in [4.69, 9.17) is 4.74 Å². The largest absolute Gasteiger partial charge is 0.423 e. The van der Waals surface area contributed by atoms with E-state index >= 15 is 0 Å². The zero-order chi connectivity index (χ0) is 17.4. The van der Waals surface area contributed by atoms with Crippen molar-refractivity contribution in [3.05, 3.63) is 42.1 Å². The average molecular weight is 344 g/mol. The Hall–Kier alpha value is -2.00. The molecule has 0 amide bonds. The van der Waals surface area contributed by atoms with Crippen LogP contribution in [0.2, 0.25) is 0 Å². The van der Waals surface area contributed by atoms with E-state index in [0.717, 1.165) is 26.0 Å². The first-order chi connectivity index (χ1) is 11.4. The third-order valence-corrected chi connectivity index (χ3v) is 3.98. The fourth-order valence-corrected chi connectivity index (χ4v) is 2.55. The number of methoxy groups -OCH3 is 1. The summed E-state index contributed by atoms with van der Waals surface area (Å²) in [5, 5.41) is 5.26. The van der Waals surface area contributed by atoms with Gasteiger partial charge in [0.25, 0.3) is 0 Å². The lowest BCUT2D eigenvalue weighted by molar-refractivity contribution is -0.256. The van der Waals surface area contributed by atoms with Gasteiger partial charge < -0.3 is 15.4 Å². The highest BCUT2D eigenvalue weighted by Gasteiger charge is 2.60. The van der Waals surface area contributed by atoms with E-state index in [-0.39, 0.29) is 17.7 Å². The van der Waals surface area contributed by atoms with Gasteiger partial charge in [-0.3, -0.25) is 0 Å². The van der Waals surface area contributed by atoms with Crippen molar-refractivity contribution < 1.29 is 22.3 Å². The standard InChI is InChI=1S/C15H16F4N4O/c1-24-14(15(17,18)19)8-11(23-13-20-5-2-6-21-13)10(16)7-12(14)22-9-3-4-9/h2,5-9,12,22H,3-4H2,1H3,(H,20,21,23). The van der Waals surface area contributed by atoms with Gasteiger partial charge >= 0.3 is 6.18 Å². The molecule has 9 heteroatoms. The lowest BCUT2D eigenvalue weighted by Crippen LogP contribution is -2.61. The molecule has 0 spiro atoms. The molecule has 1 aromatic rings. The monoisotopic (exact) mass is 344 g/mol. The maximum atomic E-state index is 14.3. The topological polar surface area (TPSA) is 59.1 Å². The number of halogens is 4. The van der Waals surface area contributed by atoms with Crippen molar-refractivity contribution in [2.75, 3.05) is 12.4 Å². The number of nitrogens with zero attached hydrogens (tertiary/aromatic N) is 2. The predicted octanol–water partition coefficient (Wildman–Crippen LogP) is 2.71. The van der Waals surface area contributed by atoms with Crippen molar-refractivity contribution >= 4 is 5.95 Å². The molecular weight excluding hydrogens is 328 g/mol. The van der Waals surface area contributed by atoms with E-state index in [9.17, 15) is 17.6 Å². The Labute approximate surface area is 135 Å². The summed E-state index contributed by atoms with van der Waals surface area (Å²) in [6.07, 6.45) is 1.16. The van der Waals surface area contributed by atoms with Crippen LogP contribution in [0.4, 0.5) is 23.5 Å². The van der Waals surface area contributed by atoms with Gasteiger partial charge in [0, 0.05) is 25.5 Å². The summed E-state index contributed by atoms with van der Waals surface area (Å²) < 4.78 is 60.4. The van der Waals surface area contributed by atoms with Gasteiger partial charge in [-0.05, 0) is 31.1 Å². The second-order valence-electron chi connectivity index (χ2n) is 5.68. The van der Waals surface area contributed by atoms with Crippen LogP contribution in [0.1, 0.15) is 12.8 Å². The molecule has 1 saturated carbocycles. The number of alkyl halides is 3. The van der Waals surface area contributed by atoms with E-state index in [0.29, 0.717) is 6.08 Å². The zero-order valence-corrected chi connectivity index (χ0v) is 12.8. The predicted molar refractivity (Wildman–Crippen MR) is 78.7 cm³/mol. The van der Waals surface area contributed by atoms with Crippen molar-refractivity contribution in [1.29, 1.82) is 0 Å². The van der Waals surface area contributed by atoms with E-state index in [1.807, 2.05) is 0 Å². The van der Waals surface area contributed by atoms with Crippen LogP contribution in [0.25, 0.3) is 0 Å². The molecule has 130 valence electrons. The number of hydrogen-bond donors (Lipinski definition) is 2. The molecule has 2 atom stereocenters. The van der Waals surface area contributed by atoms with Crippen LogP contribution in [-0.2, 0) is 4.74 Å². The Bertz CT molecular complexity index is 657. The third kappa shape index (κ3) is 3.13. The number of ether oxygens (including phenoxy) is 1. The van der Waals surface area contributed by atoms with Crippen molar-refractivity contribution in [2.24, 2.45) is 0 Å². The molecule has 0 aliphatic heterocycles. The fourth-order valence-electron chi connectivity index (χ4n) is 2.55. The van der Waals surface area contributed by atoms with Crippen LogP contribution in [0.15, 0.2) is 42.1 Å². The third-order valence-electron chi connectivity index (χ3n) is 3.98. The summed E-state index contributed by atoms with van der Waals surface area (Å²) in [7, 11) is 0.958. The number of aromatic nitrogens is 2. The number of nitrogens with one attached hydrogen (secondary N) is 2. The van der Waals surface area contributed by atoms with Gasteiger partial charge in [-0.2, -0.15) is 13.2 Å². The Balaban J connectivity index is 1.96. The van der Waals surface area contributed by atoms with Crippen LogP contribution in [0.3, 0.4) is 0 Å². The lowest BCUT2D eigenvalue weighted by Gasteiger charge is -2.40. The summed E-state index contributed by atoms with van der Waals surface area (Å²) in [6.45, 7) is 0. The molecule has 0 saturated heterocycles. The molecule has 1 aromatic heterocycles. The van der Waals surface area contributed by atoms with Gasteiger partial charge in [-0.15, -0.1) is 0 Å². The van der Waals surface area contributed by atoms with E-state index < -0.39 is 23.6 Å². The highest BCUT2D eigenvalue weighted by atomic mass is 19.4. The first-order valence-electron chi connectivity index (χ1n) is 7.38. The molecule has 5 nitrogen and oxygen atoms in total. The minimum atomic E-state index is -4.74. The summed E-state index contributed by atoms with van der Waals surface area (Å²) in [5.74, 6) is -0.828. The number of rotatable bonds is 5. The molecule has 2 aliphatic carbocycles. The lowest BCUT2D eigenvalue weighted by atomic mass is 9.87. The Morgan fingerprint density at radius 2 is 1.92 bits per heavy atom. The Morgan fingerprint density at radius 3 is 2.46 bits per heavy atom. The molecule has 0 bridgehead atoms. The number of anilines is 1. The second kappa shape index (κ2) is 6.14. The molecule has 2 N–H and O–H groups in total. The first kappa shape index (κ1) is 16.8. The Kier molecular flexibility index (Phi) is 4.31. The molecular formula is C15H16F4N4O. The summed E-state index contributed by atoms with van der Waals surface area (Å²) >= 11 is 0. The fraction of sp³-hybridized carbons (Fsp3) is 0.467. The molecule has 2 aliphatic rings. The van der Waals surface area contributed by atoms with Gasteiger partial charge in [0.2, 0.25) is 11.5 Å². The number of hydrogen-bond acceptors (Lipinski definition) is 5. The van der Waals surface area contributed by atoms with Crippen LogP contribution in [0.5, 0.6) is 0 Å². The second-order valence-corrected chi connectivity index (χ2v) is 5.68. The van der Waals surface area contributed by atoms with Gasteiger partial charge in [0.1, 0.15) is 5.83 Å². The van der Waals surface area contributed by atoms with E-state index in [2.05, 4.69) is 20.6 Å². The maximum Gasteiger partial charge on any atom is 0.423 e. The van der Waals surface area contributed by atoms with E-state index in [1.54, 1.807) is 0 Å². The molecule has 0 radical (unpaired) electrons. The van der Waals surface area contributed by atoms with Crippen molar-refractivity contribution in [3.8, 4) is 0 Å².